The Morgan fingerprint density at radius 1 is 1.54 bits per heavy atom. The molecule has 0 spiro atoms. The minimum absolute atomic E-state index is 0.477. The highest BCUT2D eigenvalue weighted by atomic mass is 15.5. The zero-order chi connectivity index (χ0) is 9.42. The van der Waals surface area contributed by atoms with Crippen LogP contribution in [0.2, 0.25) is 0 Å². The van der Waals surface area contributed by atoms with Crippen LogP contribution in [0.25, 0.3) is 5.65 Å². The maximum atomic E-state index is 4.46. The van der Waals surface area contributed by atoms with E-state index in [1.54, 1.807) is 4.63 Å². The van der Waals surface area contributed by atoms with Crippen LogP contribution < -0.4 is 0 Å². The topological polar surface area (TPSA) is 46.0 Å². The van der Waals surface area contributed by atoms with E-state index in [4.69, 9.17) is 0 Å². The Labute approximate surface area is 77.0 Å². The van der Waals surface area contributed by atoms with Crippen LogP contribution in [0.15, 0.2) is 6.20 Å². The highest BCUT2D eigenvalue weighted by Gasteiger charge is 2.10. The van der Waals surface area contributed by atoms with Crippen molar-refractivity contribution in [3.8, 4) is 0 Å². The molecule has 0 unspecified atom stereocenters. The molecule has 0 aliphatic rings. The standard InChI is InChI=1S/C9H14N4/c1-4-8-11-9-7(6(2)3)5-10-13(9)12-8/h5-6H,4H2,1-3H3,(H,11,12). The average Bonchev–Trinajstić information content (AvgIpc) is 2.59. The van der Waals surface area contributed by atoms with Crippen molar-refractivity contribution in [2.75, 3.05) is 0 Å². The van der Waals surface area contributed by atoms with Gasteiger partial charge in [0, 0.05) is 12.0 Å². The zero-order valence-electron chi connectivity index (χ0n) is 8.20. The van der Waals surface area contributed by atoms with Crippen LogP contribution in [0.3, 0.4) is 0 Å². The number of hydrogen-bond donors (Lipinski definition) is 1. The van der Waals surface area contributed by atoms with Gasteiger partial charge >= 0.3 is 0 Å². The van der Waals surface area contributed by atoms with E-state index < -0.39 is 0 Å². The third kappa shape index (κ3) is 1.22. The van der Waals surface area contributed by atoms with Gasteiger partial charge in [0.2, 0.25) is 0 Å². The van der Waals surface area contributed by atoms with Crippen LogP contribution >= 0.6 is 0 Å². The van der Waals surface area contributed by atoms with Crippen molar-refractivity contribution in [3.63, 3.8) is 0 Å². The lowest BCUT2D eigenvalue weighted by Crippen LogP contribution is -1.87. The van der Waals surface area contributed by atoms with Crippen LogP contribution in [0.1, 0.15) is 38.1 Å². The highest BCUT2D eigenvalue weighted by molar-refractivity contribution is 5.47. The SMILES string of the molecule is CCc1nc2c(C(C)C)cnn2[nH]1. The first-order valence-corrected chi connectivity index (χ1v) is 4.65. The molecule has 4 heteroatoms. The molecule has 0 bridgehead atoms. The van der Waals surface area contributed by atoms with Gasteiger partial charge in [-0.05, 0) is 5.92 Å². The summed E-state index contributed by atoms with van der Waals surface area (Å²) < 4.78 is 1.74. The van der Waals surface area contributed by atoms with Crippen molar-refractivity contribution < 1.29 is 0 Å². The Morgan fingerprint density at radius 3 is 2.92 bits per heavy atom. The molecular weight excluding hydrogens is 164 g/mol. The lowest BCUT2D eigenvalue weighted by Gasteiger charge is -1.96. The number of aromatic nitrogens is 4. The van der Waals surface area contributed by atoms with Gasteiger partial charge in [-0.3, -0.25) is 5.10 Å². The van der Waals surface area contributed by atoms with E-state index in [0.717, 1.165) is 17.9 Å². The number of aromatic amines is 1. The van der Waals surface area contributed by atoms with E-state index in [1.165, 1.54) is 5.56 Å². The second-order valence-electron chi connectivity index (χ2n) is 3.51. The summed E-state index contributed by atoms with van der Waals surface area (Å²) in [5, 5.41) is 7.32. The molecule has 0 saturated heterocycles. The summed E-state index contributed by atoms with van der Waals surface area (Å²) in [4.78, 5) is 4.46. The van der Waals surface area contributed by atoms with E-state index in [9.17, 15) is 0 Å². The van der Waals surface area contributed by atoms with Gasteiger partial charge in [-0.2, -0.15) is 9.73 Å². The van der Waals surface area contributed by atoms with Crippen molar-refractivity contribution in [2.45, 2.75) is 33.1 Å². The zero-order valence-corrected chi connectivity index (χ0v) is 8.20. The van der Waals surface area contributed by atoms with Crippen LogP contribution in [0, 0.1) is 0 Å². The Kier molecular flexibility index (Phi) is 1.83. The molecule has 2 rings (SSSR count). The Balaban J connectivity index is 2.58. The summed E-state index contributed by atoms with van der Waals surface area (Å²) in [6, 6.07) is 0. The predicted molar refractivity (Wildman–Crippen MR) is 50.8 cm³/mol. The van der Waals surface area contributed by atoms with Gasteiger partial charge in [-0.15, -0.1) is 0 Å². The molecule has 0 aliphatic carbocycles. The molecule has 0 atom stereocenters. The maximum absolute atomic E-state index is 4.46. The van der Waals surface area contributed by atoms with E-state index in [1.807, 2.05) is 6.20 Å². The molecule has 70 valence electrons. The molecule has 1 N–H and O–H groups in total. The largest absolute Gasteiger partial charge is 0.263 e. The first-order valence-electron chi connectivity index (χ1n) is 4.65. The van der Waals surface area contributed by atoms with Crippen LogP contribution in [-0.2, 0) is 6.42 Å². The number of hydrogen-bond acceptors (Lipinski definition) is 2. The molecule has 13 heavy (non-hydrogen) atoms. The quantitative estimate of drug-likeness (QED) is 0.761. The first kappa shape index (κ1) is 8.29. The fourth-order valence-electron chi connectivity index (χ4n) is 1.39. The lowest BCUT2D eigenvalue weighted by molar-refractivity contribution is 0.789. The molecule has 0 fully saturated rings. The third-order valence-electron chi connectivity index (χ3n) is 2.20. The molecule has 0 aromatic carbocycles. The Morgan fingerprint density at radius 2 is 2.31 bits per heavy atom. The fourth-order valence-corrected chi connectivity index (χ4v) is 1.39. The molecule has 2 aromatic heterocycles. The maximum Gasteiger partial charge on any atom is 0.178 e. The molecule has 0 amide bonds. The Bertz CT molecular complexity index is 410. The van der Waals surface area contributed by atoms with Crippen LogP contribution in [-0.4, -0.2) is 19.8 Å². The van der Waals surface area contributed by atoms with Crippen LogP contribution in [0.4, 0.5) is 0 Å². The molecule has 0 saturated carbocycles. The van der Waals surface area contributed by atoms with Gasteiger partial charge in [-0.25, -0.2) is 4.98 Å². The summed E-state index contributed by atoms with van der Waals surface area (Å²) in [7, 11) is 0. The van der Waals surface area contributed by atoms with Gasteiger partial charge < -0.3 is 0 Å². The van der Waals surface area contributed by atoms with Gasteiger partial charge in [0.25, 0.3) is 0 Å². The number of nitrogens with zero attached hydrogens (tertiary/aromatic N) is 3. The smallest absolute Gasteiger partial charge is 0.178 e. The van der Waals surface area contributed by atoms with Gasteiger partial charge in [0.05, 0.1) is 6.20 Å². The third-order valence-corrected chi connectivity index (χ3v) is 2.20. The van der Waals surface area contributed by atoms with Crippen molar-refractivity contribution in [1.29, 1.82) is 0 Å². The first-order chi connectivity index (χ1) is 6.22. The second-order valence-corrected chi connectivity index (χ2v) is 3.51. The number of fused-ring (bicyclic) bond motifs is 1. The van der Waals surface area contributed by atoms with E-state index in [-0.39, 0.29) is 0 Å². The molecule has 0 aliphatic heterocycles. The fraction of sp³-hybridized carbons (Fsp3) is 0.556. The predicted octanol–water partition coefficient (Wildman–Crippen LogP) is 1.74. The summed E-state index contributed by atoms with van der Waals surface area (Å²) in [6.45, 7) is 6.38. The molecule has 4 nitrogen and oxygen atoms in total. The minimum Gasteiger partial charge on any atom is -0.263 e. The number of H-pyrrole nitrogens is 1. The van der Waals surface area contributed by atoms with Crippen molar-refractivity contribution >= 4 is 5.65 Å². The van der Waals surface area contributed by atoms with E-state index >= 15 is 0 Å². The summed E-state index contributed by atoms with van der Waals surface area (Å²) in [5.74, 6) is 1.47. The molecular formula is C9H14N4. The second kappa shape index (κ2) is 2.87. The normalized spacial score (nSPS) is 11.7. The van der Waals surface area contributed by atoms with Crippen molar-refractivity contribution in [1.82, 2.24) is 19.8 Å². The monoisotopic (exact) mass is 178 g/mol. The minimum atomic E-state index is 0.477. The molecule has 0 radical (unpaired) electrons. The molecule has 2 heterocycles. The highest BCUT2D eigenvalue weighted by Crippen LogP contribution is 2.18. The summed E-state index contributed by atoms with van der Waals surface area (Å²) in [6.07, 6.45) is 2.80. The lowest BCUT2D eigenvalue weighted by atomic mass is 10.1. The Hall–Kier alpha value is -1.32. The summed E-state index contributed by atoms with van der Waals surface area (Å²) >= 11 is 0. The summed E-state index contributed by atoms with van der Waals surface area (Å²) in [5.41, 5.74) is 2.17. The van der Waals surface area contributed by atoms with Gasteiger partial charge in [0.15, 0.2) is 5.65 Å². The van der Waals surface area contributed by atoms with Crippen LogP contribution in [0.5, 0.6) is 0 Å². The molecule has 2 aromatic rings. The van der Waals surface area contributed by atoms with Crippen molar-refractivity contribution in [3.05, 3.63) is 17.6 Å². The number of rotatable bonds is 2. The van der Waals surface area contributed by atoms with Gasteiger partial charge in [-0.1, -0.05) is 20.8 Å². The van der Waals surface area contributed by atoms with Gasteiger partial charge in [0.1, 0.15) is 5.82 Å². The average molecular weight is 178 g/mol. The number of nitrogens with one attached hydrogen (secondary N) is 1. The van der Waals surface area contributed by atoms with E-state index in [2.05, 4.69) is 36.0 Å². The van der Waals surface area contributed by atoms with E-state index in [0.29, 0.717) is 5.92 Å². The van der Waals surface area contributed by atoms with Crippen molar-refractivity contribution in [2.24, 2.45) is 0 Å². The number of aryl methyl sites for hydroxylation is 1.